The van der Waals surface area contributed by atoms with Gasteiger partial charge in [0.1, 0.15) is 6.61 Å². The molecular formula is C21H24ClN5O2. The second-order valence-electron chi connectivity index (χ2n) is 7.16. The molecule has 1 saturated carbocycles. The molecule has 1 fully saturated rings. The van der Waals surface area contributed by atoms with Gasteiger partial charge in [0.15, 0.2) is 0 Å². The number of carbonyl (C=O) groups is 1. The Morgan fingerprint density at radius 2 is 2.03 bits per heavy atom. The number of aryl methyl sites for hydroxylation is 1. The summed E-state index contributed by atoms with van der Waals surface area (Å²) in [6, 6.07) is 13.0. The minimum absolute atomic E-state index is 0.236. The largest absolute Gasteiger partial charge is 0.391 e. The van der Waals surface area contributed by atoms with E-state index in [4.69, 9.17) is 22.0 Å². The van der Waals surface area contributed by atoms with Gasteiger partial charge in [0, 0.05) is 29.2 Å². The van der Waals surface area contributed by atoms with E-state index in [-0.39, 0.29) is 6.61 Å². The van der Waals surface area contributed by atoms with Gasteiger partial charge in [-0.1, -0.05) is 46.2 Å². The molecule has 2 amide bonds. The van der Waals surface area contributed by atoms with Crippen molar-refractivity contribution in [1.29, 1.82) is 5.53 Å². The second-order valence-corrected chi connectivity index (χ2v) is 7.60. The monoisotopic (exact) mass is 413 g/mol. The molecule has 2 aromatic rings. The summed E-state index contributed by atoms with van der Waals surface area (Å²) in [5.41, 5.74) is 11.6. The number of carbonyl (C=O) groups excluding carboxylic acids is 1. The number of halogens is 1. The highest BCUT2D eigenvalue weighted by molar-refractivity contribution is 6.30. The van der Waals surface area contributed by atoms with Crippen LogP contribution in [0.2, 0.25) is 5.02 Å². The zero-order chi connectivity index (χ0) is 21.0. The van der Waals surface area contributed by atoms with E-state index >= 15 is 0 Å². The third kappa shape index (κ3) is 5.12. The maximum atomic E-state index is 12.0. The van der Waals surface area contributed by atoms with E-state index in [0.29, 0.717) is 17.5 Å². The van der Waals surface area contributed by atoms with Crippen LogP contribution >= 0.6 is 11.6 Å². The number of nitrogens with zero attached hydrogens (tertiary/aromatic N) is 3. The van der Waals surface area contributed by atoms with Gasteiger partial charge >= 0.3 is 6.03 Å². The Morgan fingerprint density at radius 3 is 2.72 bits per heavy atom. The summed E-state index contributed by atoms with van der Waals surface area (Å²) in [7, 11) is 1.41. The van der Waals surface area contributed by atoms with Crippen molar-refractivity contribution in [2.75, 3.05) is 12.4 Å². The van der Waals surface area contributed by atoms with E-state index in [0.717, 1.165) is 33.3 Å². The number of hydrogen-bond acceptors (Lipinski definition) is 5. The highest BCUT2D eigenvalue weighted by Crippen LogP contribution is 2.48. The zero-order valence-electron chi connectivity index (χ0n) is 16.6. The van der Waals surface area contributed by atoms with Gasteiger partial charge in [-0.25, -0.2) is 4.79 Å². The van der Waals surface area contributed by atoms with Crippen molar-refractivity contribution in [2.45, 2.75) is 32.8 Å². The molecule has 0 saturated heterocycles. The number of hydrogen-bond donors (Lipinski definition) is 2. The topological polar surface area (TPSA) is 90.1 Å². The molecule has 0 spiro atoms. The van der Waals surface area contributed by atoms with Crippen molar-refractivity contribution < 1.29 is 9.63 Å². The van der Waals surface area contributed by atoms with Gasteiger partial charge in [0.05, 0.1) is 5.71 Å². The maximum Gasteiger partial charge on any atom is 0.343 e. The molecule has 2 N–H and O–H groups in total. The Labute approximate surface area is 175 Å². The first-order valence-corrected chi connectivity index (χ1v) is 9.71. The van der Waals surface area contributed by atoms with Crippen LogP contribution in [0, 0.1) is 18.4 Å². The van der Waals surface area contributed by atoms with E-state index < -0.39 is 6.03 Å². The van der Waals surface area contributed by atoms with Gasteiger partial charge in [-0.05, 0) is 55.5 Å². The summed E-state index contributed by atoms with van der Waals surface area (Å²) in [5, 5.41) is 11.8. The summed E-state index contributed by atoms with van der Waals surface area (Å²) >= 11 is 5.96. The van der Waals surface area contributed by atoms with E-state index in [1.807, 2.05) is 38.1 Å². The Hall–Kier alpha value is -2.93. The molecule has 1 aliphatic rings. The molecule has 29 heavy (non-hydrogen) atoms. The first-order chi connectivity index (χ1) is 13.9. The van der Waals surface area contributed by atoms with Gasteiger partial charge < -0.3 is 10.2 Å². The Morgan fingerprint density at radius 1 is 1.31 bits per heavy atom. The number of rotatable bonds is 7. The Bertz CT molecular complexity index is 929. The van der Waals surface area contributed by atoms with Gasteiger partial charge in [-0.3, -0.25) is 0 Å². The van der Waals surface area contributed by atoms with Crippen LogP contribution in [0.1, 0.15) is 36.0 Å². The molecule has 0 aromatic heterocycles. The van der Waals surface area contributed by atoms with E-state index in [9.17, 15) is 4.79 Å². The fourth-order valence-corrected chi connectivity index (χ4v) is 3.38. The maximum absolute atomic E-state index is 12.0. The highest BCUT2D eigenvalue weighted by atomic mass is 35.5. The minimum Gasteiger partial charge on any atom is -0.391 e. The van der Waals surface area contributed by atoms with Crippen LogP contribution in [0.3, 0.4) is 0 Å². The lowest BCUT2D eigenvalue weighted by molar-refractivity contribution is 0.129. The molecule has 0 radical (unpaired) electrons. The summed E-state index contributed by atoms with van der Waals surface area (Å²) in [4.78, 5) is 17.6. The summed E-state index contributed by atoms with van der Waals surface area (Å²) in [5.74, 6) is 0.830. The first-order valence-electron chi connectivity index (χ1n) is 9.33. The summed E-state index contributed by atoms with van der Waals surface area (Å²) in [6.45, 7) is 4.16. The van der Waals surface area contributed by atoms with Crippen molar-refractivity contribution in [2.24, 2.45) is 16.3 Å². The lowest BCUT2D eigenvalue weighted by atomic mass is 10.1. The smallest absolute Gasteiger partial charge is 0.343 e. The normalized spacial score (nSPS) is 18.1. The Balaban J connectivity index is 1.62. The third-order valence-electron chi connectivity index (χ3n) is 5.14. The molecule has 0 heterocycles. The average Bonchev–Trinajstić information content (AvgIpc) is 3.50. The first kappa shape index (κ1) is 20.8. The molecule has 3 rings (SSSR count). The van der Waals surface area contributed by atoms with Gasteiger partial charge in [0.25, 0.3) is 0 Å². The summed E-state index contributed by atoms with van der Waals surface area (Å²) in [6.07, 6.45) is 1.05. The minimum atomic E-state index is -0.490. The molecular weight excluding hydrogens is 390 g/mol. The zero-order valence-corrected chi connectivity index (χ0v) is 17.4. The number of urea groups is 1. The molecule has 152 valence electrons. The van der Waals surface area contributed by atoms with Crippen LogP contribution in [-0.2, 0) is 11.4 Å². The molecule has 8 heteroatoms. The molecule has 0 bridgehead atoms. The van der Waals surface area contributed by atoms with Crippen LogP contribution in [0.4, 0.5) is 10.5 Å². The van der Waals surface area contributed by atoms with Crippen LogP contribution in [0.5, 0.6) is 0 Å². The van der Waals surface area contributed by atoms with Crippen LogP contribution in [-0.4, -0.2) is 23.8 Å². The van der Waals surface area contributed by atoms with Crippen LogP contribution in [0.25, 0.3) is 0 Å². The molecule has 2 unspecified atom stereocenters. The standard InChI is InChI=1S/C21H24ClN5O2/c1-13-5-4-6-20(24-21(28)27(3)26-23)19(13)12-29-25-14(2)17-11-18(17)15-7-9-16(22)10-8-15/h4-10,17-18,23H,11-12H2,1-3H3,(H,24,28)/b25-14-,26-23?. The van der Waals surface area contributed by atoms with Crippen LogP contribution < -0.4 is 5.32 Å². The van der Waals surface area contributed by atoms with Crippen molar-refractivity contribution >= 4 is 29.0 Å². The lowest BCUT2D eigenvalue weighted by Crippen LogP contribution is -2.26. The van der Waals surface area contributed by atoms with E-state index in [2.05, 4.69) is 27.8 Å². The van der Waals surface area contributed by atoms with E-state index in [1.165, 1.54) is 12.6 Å². The van der Waals surface area contributed by atoms with Gasteiger partial charge in [0.2, 0.25) is 0 Å². The van der Waals surface area contributed by atoms with Crippen molar-refractivity contribution in [1.82, 2.24) is 5.01 Å². The number of nitrogens with one attached hydrogen (secondary N) is 2. The molecule has 0 aliphatic heterocycles. The average molecular weight is 414 g/mol. The predicted molar refractivity (Wildman–Crippen MR) is 113 cm³/mol. The number of benzene rings is 2. The SMILES string of the molecule is C/C(=N/OCc1c(C)cccc1NC(=O)N(C)N=N)C1CC1c1ccc(Cl)cc1. The number of oxime groups is 1. The summed E-state index contributed by atoms with van der Waals surface area (Å²) < 4.78 is 0. The molecule has 2 atom stereocenters. The third-order valence-corrected chi connectivity index (χ3v) is 5.39. The number of anilines is 1. The van der Waals surface area contributed by atoms with Crippen molar-refractivity contribution in [3.05, 3.63) is 64.2 Å². The quantitative estimate of drug-likeness (QED) is 0.343. The van der Waals surface area contributed by atoms with Gasteiger partial charge in [-0.15, -0.1) is 0 Å². The van der Waals surface area contributed by atoms with Gasteiger partial charge in [-0.2, -0.15) is 10.5 Å². The Kier molecular flexibility index (Phi) is 6.49. The fourth-order valence-electron chi connectivity index (χ4n) is 3.25. The molecule has 2 aromatic carbocycles. The molecule has 7 nitrogen and oxygen atoms in total. The predicted octanol–water partition coefficient (Wildman–Crippen LogP) is 5.75. The second kappa shape index (κ2) is 9.05. The van der Waals surface area contributed by atoms with Crippen LogP contribution in [0.15, 0.2) is 52.8 Å². The van der Waals surface area contributed by atoms with Crippen molar-refractivity contribution in [3.8, 4) is 0 Å². The fraction of sp³-hybridized carbons (Fsp3) is 0.333. The molecule has 1 aliphatic carbocycles. The number of amides is 2. The van der Waals surface area contributed by atoms with Crippen molar-refractivity contribution in [3.63, 3.8) is 0 Å². The van der Waals surface area contributed by atoms with E-state index in [1.54, 1.807) is 6.07 Å². The highest BCUT2D eigenvalue weighted by Gasteiger charge is 2.40. The lowest BCUT2D eigenvalue weighted by Gasteiger charge is -2.15.